The third-order valence-corrected chi connectivity index (χ3v) is 3.80. The van der Waals surface area contributed by atoms with Crippen molar-refractivity contribution in [3.63, 3.8) is 0 Å². The highest BCUT2D eigenvalue weighted by Gasteiger charge is 2.38. The average molecular weight is 240 g/mol. The number of carboxylic acids is 1. The SMILES string of the molecule is O=C(O)CC1(NCCc2cccs2)CNC1. The fourth-order valence-corrected chi connectivity index (χ4v) is 2.64. The van der Waals surface area contributed by atoms with Gasteiger partial charge < -0.3 is 15.7 Å². The van der Waals surface area contributed by atoms with Crippen LogP contribution in [0.4, 0.5) is 0 Å². The monoisotopic (exact) mass is 240 g/mol. The highest BCUT2D eigenvalue weighted by molar-refractivity contribution is 7.09. The van der Waals surface area contributed by atoms with Gasteiger partial charge in [-0.05, 0) is 17.9 Å². The molecule has 3 N–H and O–H groups in total. The molecule has 2 rings (SSSR count). The van der Waals surface area contributed by atoms with Gasteiger partial charge in [0.05, 0.1) is 12.0 Å². The fourth-order valence-electron chi connectivity index (χ4n) is 1.93. The molecule has 1 aromatic heterocycles. The highest BCUT2D eigenvalue weighted by Crippen LogP contribution is 2.16. The lowest BCUT2D eigenvalue weighted by molar-refractivity contribution is -0.139. The van der Waals surface area contributed by atoms with E-state index in [0.29, 0.717) is 0 Å². The Bertz CT molecular complexity index is 347. The van der Waals surface area contributed by atoms with Gasteiger partial charge in [0.1, 0.15) is 0 Å². The molecule has 88 valence electrons. The van der Waals surface area contributed by atoms with E-state index in [1.54, 1.807) is 11.3 Å². The van der Waals surface area contributed by atoms with E-state index in [9.17, 15) is 4.79 Å². The standard InChI is InChI=1S/C11H16N2O2S/c14-10(15)6-11(7-12-8-11)13-4-3-9-2-1-5-16-9/h1-2,5,12-13H,3-4,6-8H2,(H,14,15). The fraction of sp³-hybridized carbons (Fsp3) is 0.545. The molecule has 1 fully saturated rings. The van der Waals surface area contributed by atoms with E-state index in [2.05, 4.69) is 22.1 Å². The quantitative estimate of drug-likeness (QED) is 0.685. The first-order chi connectivity index (χ1) is 7.70. The number of carboxylic acid groups (broad SMARTS) is 1. The van der Waals surface area contributed by atoms with Gasteiger partial charge in [-0.15, -0.1) is 11.3 Å². The van der Waals surface area contributed by atoms with Crippen molar-refractivity contribution in [3.05, 3.63) is 22.4 Å². The van der Waals surface area contributed by atoms with Crippen LogP contribution in [0, 0.1) is 0 Å². The lowest BCUT2D eigenvalue weighted by Crippen LogP contribution is -2.68. The van der Waals surface area contributed by atoms with Gasteiger partial charge in [0.15, 0.2) is 0 Å². The molecule has 1 aliphatic heterocycles. The van der Waals surface area contributed by atoms with E-state index < -0.39 is 5.97 Å². The summed E-state index contributed by atoms with van der Waals surface area (Å²) in [5, 5.41) is 17.4. The molecule has 2 heterocycles. The van der Waals surface area contributed by atoms with Gasteiger partial charge in [-0.2, -0.15) is 0 Å². The molecule has 1 aromatic rings. The second-order valence-corrected chi connectivity index (χ2v) is 5.24. The Labute approximate surface area is 98.7 Å². The molecule has 0 bridgehead atoms. The second-order valence-electron chi connectivity index (χ2n) is 4.21. The molecule has 0 unspecified atom stereocenters. The first kappa shape index (κ1) is 11.6. The Balaban J connectivity index is 1.77. The van der Waals surface area contributed by atoms with Crippen molar-refractivity contribution in [1.82, 2.24) is 10.6 Å². The molecule has 0 atom stereocenters. The molecule has 1 aliphatic rings. The van der Waals surface area contributed by atoms with E-state index in [1.807, 2.05) is 6.07 Å². The molecule has 4 nitrogen and oxygen atoms in total. The van der Waals surface area contributed by atoms with Gasteiger partial charge in [0, 0.05) is 24.5 Å². The van der Waals surface area contributed by atoms with E-state index in [-0.39, 0.29) is 12.0 Å². The largest absolute Gasteiger partial charge is 0.481 e. The van der Waals surface area contributed by atoms with Gasteiger partial charge in [0.25, 0.3) is 0 Å². The highest BCUT2D eigenvalue weighted by atomic mass is 32.1. The number of thiophene rings is 1. The van der Waals surface area contributed by atoms with Crippen molar-refractivity contribution in [3.8, 4) is 0 Å². The molecule has 16 heavy (non-hydrogen) atoms. The van der Waals surface area contributed by atoms with Crippen molar-refractivity contribution in [2.75, 3.05) is 19.6 Å². The van der Waals surface area contributed by atoms with Crippen LogP contribution in [0.25, 0.3) is 0 Å². The summed E-state index contributed by atoms with van der Waals surface area (Å²) < 4.78 is 0. The smallest absolute Gasteiger partial charge is 0.305 e. The van der Waals surface area contributed by atoms with Gasteiger partial charge in [-0.1, -0.05) is 6.07 Å². The number of nitrogens with one attached hydrogen (secondary N) is 2. The Morgan fingerprint density at radius 2 is 2.44 bits per heavy atom. The van der Waals surface area contributed by atoms with E-state index in [0.717, 1.165) is 26.1 Å². The van der Waals surface area contributed by atoms with Crippen molar-refractivity contribution in [2.24, 2.45) is 0 Å². The number of carbonyl (C=O) groups is 1. The van der Waals surface area contributed by atoms with Crippen LogP contribution in [0.1, 0.15) is 11.3 Å². The van der Waals surface area contributed by atoms with Gasteiger partial charge in [0.2, 0.25) is 0 Å². The Morgan fingerprint density at radius 1 is 1.62 bits per heavy atom. The van der Waals surface area contributed by atoms with Crippen molar-refractivity contribution in [1.29, 1.82) is 0 Å². The summed E-state index contributed by atoms with van der Waals surface area (Å²) in [5.41, 5.74) is -0.219. The summed E-state index contributed by atoms with van der Waals surface area (Å²) in [6.45, 7) is 2.35. The summed E-state index contributed by atoms with van der Waals surface area (Å²) in [6, 6.07) is 4.15. The Kier molecular flexibility index (Phi) is 3.58. The lowest BCUT2D eigenvalue weighted by atomic mass is 9.88. The zero-order valence-electron chi connectivity index (χ0n) is 9.03. The minimum Gasteiger partial charge on any atom is -0.481 e. The summed E-state index contributed by atoms with van der Waals surface area (Å²) in [6.07, 6.45) is 1.17. The third-order valence-electron chi connectivity index (χ3n) is 2.87. The Hall–Kier alpha value is -0.910. The number of aliphatic carboxylic acids is 1. The number of rotatable bonds is 6. The molecule has 5 heteroatoms. The molecule has 0 radical (unpaired) electrons. The maximum Gasteiger partial charge on any atom is 0.305 e. The van der Waals surface area contributed by atoms with Gasteiger partial charge in [-0.25, -0.2) is 0 Å². The average Bonchev–Trinajstić information content (AvgIpc) is 2.66. The van der Waals surface area contributed by atoms with Crippen molar-refractivity contribution in [2.45, 2.75) is 18.4 Å². The first-order valence-electron chi connectivity index (χ1n) is 5.40. The third kappa shape index (κ3) is 2.81. The van der Waals surface area contributed by atoms with Crippen LogP contribution in [0.15, 0.2) is 17.5 Å². The lowest BCUT2D eigenvalue weighted by Gasteiger charge is -2.42. The van der Waals surface area contributed by atoms with Crippen LogP contribution in [-0.4, -0.2) is 36.2 Å². The molecule has 0 saturated carbocycles. The van der Waals surface area contributed by atoms with Crippen LogP contribution < -0.4 is 10.6 Å². The van der Waals surface area contributed by atoms with Crippen molar-refractivity contribution < 1.29 is 9.90 Å². The van der Waals surface area contributed by atoms with Crippen LogP contribution in [0.5, 0.6) is 0 Å². The summed E-state index contributed by atoms with van der Waals surface area (Å²) >= 11 is 1.74. The zero-order chi connectivity index (χ0) is 11.4. The zero-order valence-corrected chi connectivity index (χ0v) is 9.85. The summed E-state index contributed by atoms with van der Waals surface area (Å²) in [4.78, 5) is 12.1. The van der Waals surface area contributed by atoms with Gasteiger partial charge in [-0.3, -0.25) is 4.79 Å². The predicted molar refractivity (Wildman–Crippen MR) is 63.9 cm³/mol. The molecule has 0 aromatic carbocycles. The molecule has 0 aliphatic carbocycles. The van der Waals surface area contributed by atoms with E-state index in [4.69, 9.17) is 5.11 Å². The summed E-state index contributed by atoms with van der Waals surface area (Å²) in [5.74, 6) is -0.731. The number of hydrogen-bond acceptors (Lipinski definition) is 4. The number of hydrogen-bond donors (Lipinski definition) is 3. The molecule has 0 spiro atoms. The summed E-state index contributed by atoms with van der Waals surface area (Å²) in [7, 11) is 0. The van der Waals surface area contributed by atoms with E-state index in [1.165, 1.54) is 4.88 Å². The molecular weight excluding hydrogens is 224 g/mol. The first-order valence-corrected chi connectivity index (χ1v) is 6.28. The maximum absolute atomic E-state index is 10.7. The van der Waals surface area contributed by atoms with Crippen LogP contribution in [0.2, 0.25) is 0 Å². The van der Waals surface area contributed by atoms with Gasteiger partial charge >= 0.3 is 5.97 Å². The molecule has 0 amide bonds. The maximum atomic E-state index is 10.7. The molecule has 1 saturated heterocycles. The van der Waals surface area contributed by atoms with Crippen LogP contribution in [0.3, 0.4) is 0 Å². The van der Waals surface area contributed by atoms with Crippen molar-refractivity contribution >= 4 is 17.3 Å². The second kappa shape index (κ2) is 4.95. The Morgan fingerprint density at radius 3 is 2.94 bits per heavy atom. The topological polar surface area (TPSA) is 61.4 Å². The van der Waals surface area contributed by atoms with E-state index >= 15 is 0 Å². The van der Waals surface area contributed by atoms with Crippen LogP contribution >= 0.6 is 11.3 Å². The minimum absolute atomic E-state index is 0.199. The van der Waals surface area contributed by atoms with Crippen LogP contribution in [-0.2, 0) is 11.2 Å². The predicted octanol–water partition coefficient (Wildman–Crippen LogP) is 0.697. The normalized spacial score (nSPS) is 18.0. The minimum atomic E-state index is -0.731. The molecular formula is C11H16N2O2S.